The Balaban J connectivity index is 1.23. The summed E-state index contributed by atoms with van der Waals surface area (Å²) < 4.78 is 26.0. The molecule has 0 N–H and O–H groups in total. The van der Waals surface area contributed by atoms with Gasteiger partial charge in [-0.25, -0.2) is 4.39 Å². The van der Waals surface area contributed by atoms with Gasteiger partial charge in [0.25, 0.3) is 0 Å². The molecule has 0 bridgehead atoms. The number of halogens is 2. The van der Waals surface area contributed by atoms with Gasteiger partial charge < -0.3 is 0 Å². The van der Waals surface area contributed by atoms with E-state index in [9.17, 15) is 8.78 Å². The van der Waals surface area contributed by atoms with Crippen molar-refractivity contribution >= 4 is 0 Å². The maximum atomic E-state index is 13.1. The Bertz CT molecular complexity index is 687. The molecule has 2 aliphatic rings. The minimum Gasteiger partial charge on any atom is -0.207 e. The highest BCUT2D eigenvalue weighted by Gasteiger charge is 2.23. The molecule has 1 nitrogen and oxygen atoms in total. The minimum absolute atomic E-state index is 0.135. The first kappa shape index (κ1) is 23.0. The maximum absolute atomic E-state index is 13.1. The predicted octanol–water partition coefficient (Wildman–Crippen LogP) is 8.62. The quantitative estimate of drug-likeness (QED) is 0.293. The Morgan fingerprint density at radius 2 is 1.33 bits per heavy atom. The predicted molar refractivity (Wildman–Crippen MR) is 119 cm³/mol. The largest absolute Gasteiger partial charge is 0.207 e. The van der Waals surface area contributed by atoms with Crippen LogP contribution in [0, 0.1) is 34.9 Å². The molecule has 1 aromatic carbocycles. The first-order chi connectivity index (χ1) is 14.6. The summed E-state index contributed by atoms with van der Waals surface area (Å²) in [6, 6.07) is 8.69. The molecule has 0 atom stereocenters. The third-order valence-electron chi connectivity index (χ3n) is 7.63. The van der Waals surface area contributed by atoms with E-state index in [0.29, 0.717) is 12.3 Å². The SMILES string of the molecule is N#CC(F)=CCC[C@H]1CC[C@H](CCCC[C@H]2CC[C@H](c3ccc(F)cc3)CC2)CC1. The van der Waals surface area contributed by atoms with Crippen LogP contribution >= 0.6 is 0 Å². The molecule has 3 rings (SSSR count). The monoisotopic (exact) mass is 413 g/mol. The summed E-state index contributed by atoms with van der Waals surface area (Å²) in [4.78, 5) is 0. The van der Waals surface area contributed by atoms with Gasteiger partial charge in [-0.05, 0) is 86.0 Å². The lowest BCUT2D eigenvalue weighted by Crippen LogP contribution is -2.15. The number of nitrogens with zero attached hydrogens (tertiary/aromatic N) is 1. The Morgan fingerprint density at radius 1 is 0.833 bits per heavy atom. The average Bonchev–Trinajstić information content (AvgIpc) is 2.78. The van der Waals surface area contributed by atoms with Crippen molar-refractivity contribution in [3.63, 3.8) is 0 Å². The molecule has 0 saturated heterocycles. The van der Waals surface area contributed by atoms with E-state index < -0.39 is 5.83 Å². The van der Waals surface area contributed by atoms with Gasteiger partial charge in [-0.3, -0.25) is 0 Å². The Kier molecular flexibility index (Phi) is 9.37. The van der Waals surface area contributed by atoms with Crippen LogP contribution in [0.4, 0.5) is 8.78 Å². The lowest BCUT2D eigenvalue weighted by molar-refractivity contribution is 0.244. The van der Waals surface area contributed by atoms with Crippen molar-refractivity contribution in [1.29, 1.82) is 5.26 Å². The number of hydrogen-bond donors (Lipinski definition) is 0. The third kappa shape index (κ3) is 7.53. The molecule has 2 saturated carbocycles. The minimum atomic E-state index is -0.632. The Hall–Kier alpha value is -1.69. The molecule has 0 aromatic heterocycles. The van der Waals surface area contributed by atoms with Crippen molar-refractivity contribution < 1.29 is 8.78 Å². The molecular formula is C27H37F2N. The van der Waals surface area contributed by atoms with Gasteiger partial charge in [0.15, 0.2) is 5.83 Å². The summed E-state index contributed by atoms with van der Waals surface area (Å²) in [7, 11) is 0. The number of rotatable bonds is 9. The molecule has 2 fully saturated rings. The van der Waals surface area contributed by atoms with Crippen LogP contribution in [-0.4, -0.2) is 0 Å². The van der Waals surface area contributed by atoms with E-state index in [4.69, 9.17) is 5.26 Å². The summed E-state index contributed by atoms with van der Waals surface area (Å²) in [6.07, 6.45) is 19.1. The normalized spacial score (nSPS) is 27.6. The van der Waals surface area contributed by atoms with Crippen LogP contribution in [0.25, 0.3) is 0 Å². The molecule has 0 heterocycles. The third-order valence-corrected chi connectivity index (χ3v) is 7.63. The van der Waals surface area contributed by atoms with E-state index in [1.807, 2.05) is 12.1 Å². The van der Waals surface area contributed by atoms with Crippen LogP contribution < -0.4 is 0 Å². The number of benzene rings is 1. The van der Waals surface area contributed by atoms with Gasteiger partial charge in [-0.1, -0.05) is 63.5 Å². The topological polar surface area (TPSA) is 23.8 Å². The fraction of sp³-hybridized carbons (Fsp3) is 0.667. The molecule has 0 spiro atoms. The van der Waals surface area contributed by atoms with Crippen LogP contribution in [0.3, 0.4) is 0 Å². The fourth-order valence-electron chi connectivity index (χ4n) is 5.69. The van der Waals surface area contributed by atoms with Crippen molar-refractivity contribution in [2.75, 3.05) is 0 Å². The van der Waals surface area contributed by atoms with E-state index in [0.717, 1.165) is 24.2 Å². The summed E-state index contributed by atoms with van der Waals surface area (Å²) in [5.74, 6) is 2.36. The Morgan fingerprint density at radius 3 is 1.87 bits per heavy atom. The van der Waals surface area contributed by atoms with E-state index in [2.05, 4.69) is 0 Å². The first-order valence-corrected chi connectivity index (χ1v) is 12.1. The second kappa shape index (κ2) is 12.2. The van der Waals surface area contributed by atoms with Gasteiger partial charge in [0.05, 0.1) is 0 Å². The van der Waals surface area contributed by atoms with E-state index in [-0.39, 0.29) is 5.82 Å². The lowest BCUT2D eigenvalue weighted by atomic mass is 9.76. The van der Waals surface area contributed by atoms with Gasteiger partial charge in [-0.15, -0.1) is 0 Å². The lowest BCUT2D eigenvalue weighted by Gasteiger charge is -2.30. The maximum Gasteiger partial charge on any atom is 0.196 e. The molecule has 30 heavy (non-hydrogen) atoms. The van der Waals surface area contributed by atoms with Crippen LogP contribution in [0.2, 0.25) is 0 Å². The highest BCUT2D eigenvalue weighted by atomic mass is 19.1. The number of hydrogen-bond acceptors (Lipinski definition) is 1. The Labute approximate surface area is 181 Å². The van der Waals surface area contributed by atoms with Crippen LogP contribution in [-0.2, 0) is 0 Å². The summed E-state index contributed by atoms with van der Waals surface area (Å²) in [5.41, 5.74) is 1.32. The van der Waals surface area contributed by atoms with Gasteiger partial charge >= 0.3 is 0 Å². The van der Waals surface area contributed by atoms with Crippen LogP contribution in [0.15, 0.2) is 36.2 Å². The van der Waals surface area contributed by atoms with Crippen LogP contribution in [0.5, 0.6) is 0 Å². The molecule has 164 valence electrons. The smallest absolute Gasteiger partial charge is 0.196 e. The molecule has 0 radical (unpaired) electrons. The summed E-state index contributed by atoms with van der Waals surface area (Å²) in [6.45, 7) is 0. The number of unbranched alkanes of at least 4 members (excludes halogenated alkanes) is 1. The molecule has 3 heteroatoms. The second-order valence-corrected chi connectivity index (χ2v) is 9.68. The van der Waals surface area contributed by atoms with Crippen molar-refractivity contribution in [2.45, 2.75) is 95.8 Å². The van der Waals surface area contributed by atoms with Gasteiger partial charge in [0.2, 0.25) is 0 Å². The number of allylic oxidation sites excluding steroid dienone is 2. The second-order valence-electron chi connectivity index (χ2n) is 9.68. The average molecular weight is 414 g/mol. The molecule has 2 aliphatic carbocycles. The van der Waals surface area contributed by atoms with Gasteiger partial charge in [-0.2, -0.15) is 9.65 Å². The van der Waals surface area contributed by atoms with E-state index in [1.165, 1.54) is 88.7 Å². The van der Waals surface area contributed by atoms with E-state index in [1.54, 1.807) is 18.2 Å². The summed E-state index contributed by atoms with van der Waals surface area (Å²) >= 11 is 0. The highest BCUT2D eigenvalue weighted by Crippen LogP contribution is 2.38. The zero-order valence-corrected chi connectivity index (χ0v) is 18.3. The van der Waals surface area contributed by atoms with Crippen molar-refractivity contribution in [2.24, 2.45) is 17.8 Å². The van der Waals surface area contributed by atoms with Crippen molar-refractivity contribution in [1.82, 2.24) is 0 Å². The van der Waals surface area contributed by atoms with Crippen LogP contribution in [0.1, 0.15) is 101 Å². The molecule has 1 aromatic rings. The van der Waals surface area contributed by atoms with E-state index >= 15 is 0 Å². The standard InChI is InChI=1S/C27H37F2N/c28-26-18-16-25(17-19-26)24-14-12-22(13-15-24)5-2-1-4-21-8-10-23(11-9-21)6-3-7-27(29)20-30/h7,16-19,21-24H,1-6,8-15H2/t21-,22-,23-,24-. The molecule has 0 aliphatic heterocycles. The zero-order valence-electron chi connectivity index (χ0n) is 18.3. The highest BCUT2D eigenvalue weighted by molar-refractivity contribution is 5.20. The molecule has 0 amide bonds. The summed E-state index contributed by atoms with van der Waals surface area (Å²) in [5, 5.41) is 8.45. The molecular weight excluding hydrogens is 376 g/mol. The van der Waals surface area contributed by atoms with Crippen molar-refractivity contribution in [3.8, 4) is 6.07 Å². The fourth-order valence-corrected chi connectivity index (χ4v) is 5.69. The molecule has 0 unspecified atom stereocenters. The van der Waals surface area contributed by atoms with Gasteiger partial charge in [0, 0.05) is 0 Å². The van der Waals surface area contributed by atoms with Gasteiger partial charge in [0.1, 0.15) is 11.9 Å². The zero-order chi connectivity index (χ0) is 21.2. The number of nitriles is 1. The van der Waals surface area contributed by atoms with Crippen molar-refractivity contribution in [3.05, 3.63) is 47.5 Å². The first-order valence-electron chi connectivity index (χ1n) is 12.1.